The van der Waals surface area contributed by atoms with Crippen LogP contribution >= 0.6 is 0 Å². The number of alkyl carbamates (subject to hydrolysis) is 1. The Hall–Kier alpha value is -2.33. The van der Waals surface area contributed by atoms with E-state index >= 15 is 0 Å². The molecule has 26 heavy (non-hydrogen) atoms. The minimum atomic E-state index is -0.318. The Morgan fingerprint density at radius 3 is 2.15 bits per heavy atom. The number of nitrogens with two attached hydrogens (primary N) is 1. The van der Waals surface area contributed by atoms with Gasteiger partial charge in [0.25, 0.3) is 0 Å². The number of nitrogens with one attached hydrogen (secondary N) is 1. The third kappa shape index (κ3) is 3.47. The minimum Gasteiger partial charge on any atom is -0.449 e. The Morgan fingerprint density at radius 1 is 0.962 bits per heavy atom. The zero-order valence-electron chi connectivity index (χ0n) is 15.0. The number of amides is 1. The molecule has 4 rings (SSSR count). The summed E-state index contributed by atoms with van der Waals surface area (Å²) in [5.41, 5.74) is 10.9. The van der Waals surface area contributed by atoms with Crippen LogP contribution < -0.4 is 11.1 Å². The first-order valence-electron chi connectivity index (χ1n) is 9.57. The van der Waals surface area contributed by atoms with Gasteiger partial charge >= 0.3 is 6.09 Å². The van der Waals surface area contributed by atoms with Gasteiger partial charge in [-0.25, -0.2) is 4.79 Å². The highest BCUT2D eigenvalue weighted by atomic mass is 16.5. The predicted molar refractivity (Wildman–Crippen MR) is 103 cm³/mol. The lowest BCUT2D eigenvalue weighted by molar-refractivity contribution is 0.140. The van der Waals surface area contributed by atoms with E-state index < -0.39 is 0 Å². The molecule has 1 amide bonds. The fraction of sp³-hybridized carbons (Fsp3) is 0.409. The van der Waals surface area contributed by atoms with E-state index in [1.54, 1.807) is 0 Å². The van der Waals surface area contributed by atoms with E-state index in [0.29, 0.717) is 25.1 Å². The average Bonchev–Trinajstić information content (AvgIpc) is 3.00. The van der Waals surface area contributed by atoms with Crippen molar-refractivity contribution < 1.29 is 9.53 Å². The summed E-state index contributed by atoms with van der Waals surface area (Å²) < 4.78 is 5.58. The fourth-order valence-electron chi connectivity index (χ4n) is 4.27. The molecule has 2 aliphatic carbocycles. The second-order valence-corrected chi connectivity index (χ2v) is 7.49. The van der Waals surface area contributed by atoms with Crippen LogP contribution in [0.3, 0.4) is 0 Å². The van der Waals surface area contributed by atoms with Crippen molar-refractivity contribution in [3.8, 4) is 11.1 Å². The van der Waals surface area contributed by atoms with Crippen LogP contribution in [0.4, 0.5) is 4.79 Å². The van der Waals surface area contributed by atoms with E-state index in [1.165, 1.54) is 22.3 Å². The molecule has 136 valence electrons. The zero-order chi connectivity index (χ0) is 17.9. The van der Waals surface area contributed by atoms with Gasteiger partial charge in [0.1, 0.15) is 6.61 Å². The van der Waals surface area contributed by atoms with Crippen molar-refractivity contribution in [1.82, 2.24) is 5.32 Å². The van der Waals surface area contributed by atoms with Crippen LogP contribution in [0, 0.1) is 5.92 Å². The van der Waals surface area contributed by atoms with Crippen LogP contribution in [0.25, 0.3) is 11.1 Å². The number of hydrogen-bond acceptors (Lipinski definition) is 3. The quantitative estimate of drug-likeness (QED) is 0.874. The number of hydrogen-bond donors (Lipinski definition) is 2. The molecular weight excluding hydrogens is 324 g/mol. The average molecular weight is 350 g/mol. The first kappa shape index (κ1) is 17.1. The molecule has 0 unspecified atom stereocenters. The van der Waals surface area contributed by atoms with Gasteiger partial charge in [0.15, 0.2) is 0 Å². The van der Waals surface area contributed by atoms with Crippen LogP contribution in [-0.2, 0) is 4.74 Å². The van der Waals surface area contributed by atoms with Gasteiger partial charge in [-0.3, -0.25) is 0 Å². The fourth-order valence-corrected chi connectivity index (χ4v) is 4.27. The van der Waals surface area contributed by atoms with Crippen LogP contribution in [-0.4, -0.2) is 25.3 Å². The van der Waals surface area contributed by atoms with Crippen molar-refractivity contribution in [2.75, 3.05) is 13.2 Å². The molecule has 1 saturated carbocycles. The number of benzene rings is 2. The van der Waals surface area contributed by atoms with Crippen molar-refractivity contribution in [2.45, 2.75) is 37.6 Å². The molecule has 3 N–H and O–H groups in total. The maximum Gasteiger partial charge on any atom is 0.407 e. The van der Waals surface area contributed by atoms with Gasteiger partial charge in [-0.2, -0.15) is 0 Å². The Balaban J connectivity index is 1.35. The van der Waals surface area contributed by atoms with E-state index in [9.17, 15) is 4.79 Å². The molecule has 0 aliphatic heterocycles. The van der Waals surface area contributed by atoms with E-state index in [2.05, 4.69) is 41.7 Å². The number of fused-ring (bicyclic) bond motifs is 3. The summed E-state index contributed by atoms with van der Waals surface area (Å²) >= 11 is 0. The number of carbonyl (C=O) groups excluding carboxylic acids is 1. The summed E-state index contributed by atoms with van der Waals surface area (Å²) in [5, 5.41) is 2.94. The van der Waals surface area contributed by atoms with Gasteiger partial charge in [0.05, 0.1) is 0 Å². The number of rotatable bonds is 4. The van der Waals surface area contributed by atoms with E-state index in [-0.39, 0.29) is 12.0 Å². The lowest BCUT2D eigenvalue weighted by Crippen LogP contribution is -2.34. The Bertz CT molecular complexity index is 736. The number of ether oxygens (including phenoxy) is 1. The van der Waals surface area contributed by atoms with Crippen molar-refractivity contribution in [3.63, 3.8) is 0 Å². The van der Waals surface area contributed by atoms with Gasteiger partial charge in [-0.1, -0.05) is 48.5 Å². The molecule has 2 aliphatic rings. The van der Waals surface area contributed by atoms with Crippen LogP contribution in [0.2, 0.25) is 0 Å². The van der Waals surface area contributed by atoms with Gasteiger partial charge in [-0.05, 0) is 53.9 Å². The molecule has 2 aromatic rings. The molecule has 0 saturated heterocycles. The smallest absolute Gasteiger partial charge is 0.407 e. The van der Waals surface area contributed by atoms with Gasteiger partial charge in [0.2, 0.25) is 0 Å². The molecule has 4 nitrogen and oxygen atoms in total. The molecule has 0 radical (unpaired) electrons. The van der Waals surface area contributed by atoms with Crippen LogP contribution in [0.1, 0.15) is 42.7 Å². The Morgan fingerprint density at radius 2 is 1.54 bits per heavy atom. The third-order valence-corrected chi connectivity index (χ3v) is 5.77. The van der Waals surface area contributed by atoms with E-state index in [1.807, 2.05) is 12.1 Å². The van der Waals surface area contributed by atoms with Crippen LogP contribution in [0.15, 0.2) is 48.5 Å². The molecule has 0 heterocycles. The summed E-state index contributed by atoms with van der Waals surface area (Å²) in [6, 6.07) is 17.1. The minimum absolute atomic E-state index is 0.112. The Kier molecular flexibility index (Phi) is 4.93. The lowest BCUT2D eigenvalue weighted by Gasteiger charge is -2.26. The molecule has 0 bridgehead atoms. The summed E-state index contributed by atoms with van der Waals surface area (Å²) in [7, 11) is 0. The molecular formula is C22H26N2O2. The van der Waals surface area contributed by atoms with Gasteiger partial charge in [0, 0.05) is 18.5 Å². The van der Waals surface area contributed by atoms with Crippen molar-refractivity contribution in [1.29, 1.82) is 0 Å². The molecule has 1 fully saturated rings. The lowest BCUT2D eigenvalue weighted by atomic mass is 9.86. The highest BCUT2D eigenvalue weighted by Crippen LogP contribution is 2.44. The van der Waals surface area contributed by atoms with Crippen LogP contribution in [0.5, 0.6) is 0 Å². The second-order valence-electron chi connectivity index (χ2n) is 7.49. The highest BCUT2D eigenvalue weighted by molar-refractivity contribution is 5.79. The zero-order valence-corrected chi connectivity index (χ0v) is 15.0. The normalized spacial score (nSPS) is 21.7. The van der Waals surface area contributed by atoms with Gasteiger partial charge < -0.3 is 15.8 Å². The topological polar surface area (TPSA) is 64.3 Å². The van der Waals surface area contributed by atoms with E-state index in [0.717, 1.165) is 25.7 Å². The first-order valence-corrected chi connectivity index (χ1v) is 9.57. The largest absolute Gasteiger partial charge is 0.449 e. The summed E-state index contributed by atoms with van der Waals surface area (Å²) in [5.74, 6) is 0.635. The molecule has 0 spiro atoms. The molecule has 2 aromatic carbocycles. The monoisotopic (exact) mass is 350 g/mol. The highest BCUT2D eigenvalue weighted by Gasteiger charge is 2.29. The van der Waals surface area contributed by atoms with Gasteiger partial charge in [-0.15, -0.1) is 0 Å². The summed E-state index contributed by atoms with van der Waals surface area (Å²) in [6.45, 7) is 1.05. The maximum absolute atomic E-state index is 12.2. The third-order valence-electron chi connectivity index (χ3n) is 5.77. The standard InChI is InChI=1S/C22H26N2O2/c23-16-11-9-15(10-12-16)13-24-22(25)26-14-21-19-7-3-1-5-17(19)18-6-2-4-8-20(18)21/h1-8,15-16,21H,9-14,23H2,(H,24,25). The van der Waals surface area contributed by atoms with Crippen molar-refractivity contribution in [3.05, 3.63) is 59.7 Å². The SMILES string of the molecule is NC1CCC(CNC(=O)OCC2c3ccccc3-c3ccccc32)CC1. The predicted octanol–water partition coefficient (Wildman–Crippen LogP) is 4.04. The Labute approximate surface area is 154 Å². The van der Waals surface area contributed by atoms with Crippen molar-refractivity contribution in [2.24, 2.45) is 11.7 Å². The molecule has 4 heteroatoms. The molecule has 0 aromatic heterocycles. The number of carbonyl (C=O) groups is 1. The summed E-state index contributed by atoms with van der Waals surface area (Å²) in [4.78, 5) is 12.2. The molecule has 0 atom stereocenters. The van der Waals surface area contributed by atoms with E-state index in [4.69, 9.17) is 10.5 Å². The second kappa shape index (κ2) is 7.50. The first-order chi connectivity index (χ1) is 12.7. The summed E-state index contributed by atoms with van der Waals surface area (Å²) in [6.07, 6.45) is 3.96. The maximum atomic E-state index is 12.2. The van der Waals surface area contributed by atoms with Crippen molar-refractivity contribution >= 4 is 6.09 Å².